The van der Waals surface area contributed by atoms with E-state index in [1.54, 1.807) is 12.1 Å². The molecule has 1 unspecified atom stereocenters. The van der Waals surface area contributed by atoms with Gasteiger partial charge in [-0.1, -0.05) is 12.2 Å². The molecule has 8 heteroatoms. The number of rotatable bonds is 4. The van der Waals surface area contributed by atoms with E-state index in [9.17, 15) is 9.90 Å². The highest BCUT2D eigenvalue weighted by molar-refractivity contribution is 7.17. The van der Waals surface area contributed by atoms with Crippen molar-refractivity contribution >= 4 is 63.2 Å². The molecule has 2 aromatic heterocycles. The lowest BCUT2D eigenvalue weighted by Crippen LogP contribution is -2.45. The molecular weight excluding hydrogens is 429 g/mol. The van der Waals surface area contributed by atoms with Crippen LogP contribution in [0.3, 0.4) is 0 Å². The summed E-state index contributed by atoms with van der Waals surface area (Å²) in [5.41, 5.74) is 1.46. The average molecular weight is 456 g/mol. The minimum Gasteiger partial charge on any atom is -0.507 e. The van der Waals surface area contributed by atoms with Gasteiger partial charge in [-0.15, -0.1) is 36.2 Å². The largest absolute Gasteiger partial charge is 0.507 e. The zero-order valence-corrected chi connectivity index (χ0v) is 19.0. The third kappa shape index (κ3) is 4.78. The van der Waals surface area contributed by atoms with Crippen LogP contribution in [0.5, 0.6) is 5.75 Å². The molecule has 29 heavy (non-hydrogen) atoms. The molecule has 5 nitrogen and oxygen atoms in total. The second-order valence-electron chi connectivity index (χ2n) is 7.46. The first-order chi connectivity index (χ1) is 13.0. The Morgan fingerprint density at radius 3 is 2.86 bits per heavy atom. The van der Waals surface area contributed by atoms with Crippen LogP contribution in [-0.4, -0.2) is 59.7 Å². The van der Waals surface area contributed by atoms with Gasteiger partial charge in [-0.05, 0) is 57.1 Å². The van der Waals surface area contributed by atoms with Crippen LogP contribution in [0.2, 0.25) is 0 Å². The smallest absolute Gasteiger partial charge is 0.266 e. The van der Waals surface area contributed by atoms with Crippen LogP contribution in [0.1, 0.15) is 18.4 Å². The summed E-state index contributed by atoms with van der Waals surface area (Å²) in [6, 6.07) is 5.99. The Morgan fingerprint density at radius 1 is 1.31 bits per heavy atom. The van der Waals surface area contributed by atoms with Crippen LogP contribution >= 0.6 is 36.2 Å². The normalized spacial score (nSPS) is 17.7. The number of pyridine rings is 1. The van der Waals surface area contributed by atoms with Crippen molar-refractivity contribution in [3.05, 3.63) is 45.6 Å². The van der Waals surface area contributed by atoms with Crippen LogP contribution in [0, 0.1) is 0 Å². The van der Waals surface area contributed by atoms with Crippen molar-refractivity contribution in [2.45, 2.75) is 18.9 Å². The molecule has 1 saturated heterocycles. The van der Waals surface area contributed by atoms with E-state index < -0.39 is 0 Å². The second-order valence-corrected chi connectivity index (χ2v) is 8.38. The maximum Gasteiger partial charge on any atom is 0.266 e. The third-order valence-corrected chi connectivity index (χ3v) is 6.38. The number of hydrogen-bond acceptors (Lipinski definition) is 5. The highest BCUT2D eigenvalue weighted by Gasteiger charge is 2.20. The number of benzene rings is 1. The fraction of sp³-hybridized carbons (Fsp3) is 0.381. The van der Waals surface area contributed by atoms with Gasteiger partial charge in [0.25, 0.3) is 5.56 Å². The van der Waals surface area contributed by atoms with Gasteiger partial charge in [0.15, 0.2) is 0 Å². The molecule has 0 aliphatic carbocycles. The molecule has 1 aliphatic heterocycles. The molecule has 3 aromatic rings. The highest BCUT2D eigenvalue weighted by Crippen LogP contribution is 2.33. The van der Waals surface area contributed by atoms with Gasteiger partial charge in [0, 0.05) is 41.0 Å². The van der Waals surface area contributed by atoms with Crippen LogP contribution in [0.25, 0.3) is 27.1 Å². The van der Waals surface area contributed by atoms with Crippen molar-refractivity contribution in [1.82, 2.24) is 14.8 Å². The number of halogens is 2. The van der Waals surface area contributed by atoms with Gasteiger partial charge < -0.3 is 15.0 Å². The lowest BCUT2D eigenvalue weighted by atomic mass is 10.0. The number of thiophene rings is 1. The van der Waals surface area contributed by atoms with Crippen LogP contribution < -0.4 is 5.56 Å². The summed E-state index contributed by atoms with van der Waals surface area (Å²) in [5, 5.41) is 14.2. The Bertz CT molecular complexity index is 1060. The number of fused-ring (bicyclic) bond motifs is 3. The molecule has 1 fully saturated rings. The number of likely N-dealkylation sites (tertiary alicyclic amines) is 1. The summed E-state index contributed by atoms with van der Waals surface area (Å²) < 4.78 is 0.701. The molecule has 0 saturated carbocycles. The van der Waals surface area contributed by atoms with Crippen LogP contribution in [0.4, 0.5) is 0 Å². The Balaban J connectivity index is 0.00000150. The first-order valence-electron chi connectivity index (χ1n) is 9.35. The molecule has 1 aromatic carbocycles. The number of phenolic OH excluding ortho intramolecular Hbond substituents is 1. The summed E-state index contributed by atoms with van der Waals surface area (Å²) in [7, 11) is 4.29. The molecule has 1 atom stereocenters. The fourth-order valence-electron chi connectivity index (χ4n) is 3.97. The number of nitrogens with one attached hydrogen (secondary N) is 1. The van der Waals surface area contributed by atoms with Crippen molar-refractivity contribution in [3.63, 3.8) is 0 Å². The van der Waals surface area contributed by atoms with Gasteiger partial charge in [0.1, 0.15) is 10.4 Å². The highest BCUT2D eigenvalue weighted by atomic mass is 35.5. The monoisotopic (exact) mass is 455 g/mol. The zero-order chi connectivity index (χ0) is 19.0. The predicted octanol–water partition coefficient (Wildman–Crippen LogP) is 4.33. The number of H-pyrrole nitrogens is 1. The standard InChI is InChI=1S/C21H25N3O2S.2ClH/c1-23(2)14-5-3-10-24(13-14)11-4-6-15-18(25)8-7-17-19(15)16-9-12-27-20(16)21(26)22-17;;/h4,6-9,12,14,25H,3,5,10-11,13H2,1-2H3,(H,22,26);2*1H. The Kier molecular flexibility index (Phi) is 8.14. The lowest BCUT2D eigenvalue weighted by Gasteiger charge is -2.35. The van der Waals surface area contributed by atoms with E-state index in [0.717, 1.165) is 41.5 Å². The molecule has 158 valence electrons. The maximum atomic E-state index is 12.2. The van der Waals surface area contributed by atoms with Gasteiger partial charge in [0.05, 0.1) is 0 Å². The van der Waals surface area contributed by atoms with Crippen molar-refractivity contribution in [3.8, 4) is 5.75 Å². The summed E-state index contributed by atoms with van der Waals surface area (Å²) >= 11 is 1.43. The van der Waals surface area contributed by atoms with Gasteiger partial charge >= 0.3 is 0 Å². The van der Waals surface area contributed by atoms with Crippen molar-refractivity contribution < 1.29 is 5.11 Å². The molecule has 0 amide bonds. The number of nitrogens with zero attached hydrogens (tertiary/aromatic N) is 2. The first kappa shape index (κ1) is 23.7. The first-order valence-corrected chi connectivity index (χ1v) is 10.2. The number of hydrogen-bond donors (Lipinski definition) is 2. The van der Waals surface area contributed by atoms with E-state index >= 15 is 0 Å². The number of aromatic nitrogens is 1. The molecular formula is C21H27Cl2N3O2S. The van der Waals surface area contributed by atoms with E-state index in [0.29, 0.717) is 10.7 Å². The Morgan fingerprint density at radius 2 is 2.10 bits per heavy atom. The molecule has 2 N–H and O–H groups in total. The number of aromatic amines is 1. The van der Waals surface area contributed by atoms with Gasteiger partial charge in [-0.2, -0.15) is 0 Å². The minimum atomic E-state index is -0.0730. The molecule has 0 radical (unpaired) electrons. The zero-order valence-electron chi connectivity index (χ0n) is 16.6. The summed E-state index contributed by atoms with van der Waals surface area (Å²) in [6.45, 7) is 3.04. The Hall–Kier alpha value is -1.57. The van der Waals surface area contributed by atoms with Crippen molar-refractivity contribution in [2.75, 3.05) is 33.7 Å². The third-order valence-electron chi connectivity index (χ3n) is 5.47. The number of likely N-dealkylation sites (N-methyl/N-ethyl adjacent to an activating group) is 1. The predicted molar refractivity (Wildman–Crippen MR) is 128 cm³/mol. The maximum absolute atomic E-state index is 12.2. The molecule has 4 rings (SSSR count). The van der Waals surface area contributed by atoms with E-state index in [1.165, 1.54) is 24.2 Å². The molecule has 0 spiro atoms. The number of phenols is 1. The summed E-state index contributed by atoms with van der Waals surface area (Å²) in [4.78, 5) is 19.9. The fourth-order valence-corrected chi connectivity index (χ4v) is 4.77. The van der Waals surface area contributed by atoms with Crippen molar-refractivity contribution in [1.29, 1.82) is 0 Å². The van der Waals surface area contributed by atoms with Crippen LogP contribution in [0.15, 0.2) is 34.4 Å². The molecule has 0 bridgehead atoms. The Labute approximate surface area is 186 Å². The minimum absolute atomic E-state index is 0. The van der Waals surface area contributed by atoms with E-state index in [4.69, 9.17) is 0 Å². The molecule has 3 heterocycles. The van der Waals surface area contributed by atoms with Gasteiger partial charge in [-0.3, -0.25) is 9.69 Å². The quantitative estimate of drug-likeness (QED) is 0.614. The molecule has 1 aliphatic rings. The average Bonchev–Trinajstić information content (AvgIpc) is 3.14. The number of piperidine rings is 1. The topological polar surface area (TPSA) is 59.6 Å². The lowest BCUT2D eigenvalue weighted by molar-refractivity contribution is 0.144. The second kappa shape index (κ2) is 9.96. The summed E-state index contributed by atoms with van der Waals surface area (Å²) in [6.07, 6.45) is 6.58. The van der Waals surface area contributed by atoms with E-state index in [1.807, 2.05) is 17.5 Å². The van der Waals surface area contributed by atoms with Crippen molar-refractivity contribution in [2.24, 2.45) is 0 Å². The number of aromatic hydroxyl groups is 1. The van der Waals surface area contributed by atoms with Crippen LogP contribution in [-0.2, 0) is 0 Å². The SMILES string of the molecule is CN(C)C1CCCN(CC=Cc2c(O)ccc3[nH]c(=O)c4sccc4c23)C1.Cl.Cl. The summed E-state index contributed by atoms with van der Waals surface area (Å²) in [5.74, 6) is 0.239. The van der Waals surface area contributed by atoms with Gasteiger partial charge in [-0.25, -0.2) is 0 Å². The van der Waals surface area contributed by atoms with Gasteiger partial charge in [0.2, 0.25) is 0 Å². The van der Waals surface area contributed by atoms with E-state index in [2.05, 4.69) is 35.0 Å². The van der Waals surface area contributed by atoms with E-state index in [-0.39, 0.29) is 36.1 Å².